The third kappa shape index (κ3) is 6.09. The van der Waals surface area contributed by atoms with Crippen molar-refractivity contribution in [1.82, 2.24) is 20.2 Å². The van der Waals surface area contributed by atoms with Crippen molar-refractivity contribution in [2.75, 3.05) is 13.1 Å². The summed E-state index contributed by atoms with van der Waals surface area (Å²) in [6.07, 6.45) is 2.78. The van der Waals surface area contributed by atoms with Crippen molar-refractivity contribution >= 4 is 64.5 Å². The monoisotopic (exact) mass is 501 g/mol. The number of nitrogens with zero attached hydrogens (tertiary/aromatic N) is 3. The summed E-state index contributed by atoms with van der Waals surface area (Å²) in [5.41, 5.74) is 0.966. The molecule has 2 heterocycles. The van der Waals surface area contributed by atoms with Crippen LogP contribution in [0.3, 0.4) is 0 Å². The Labute approximate surface area is 173 Å². The molecule has 2 aromatic rings. The van der Waals surface area contributed by atoms with Crippen molar-refractivity contribution < 1.29 is 0 Å². The van der Waals surface area contributed by atoms with Crippen molar-refractivity contribution in [3.05, 3.63) is 38.0 Å². The van der Waals surface area contributed by atoms with Gasteiger partial charge in [-0.1, -0.05) is 23.2 Å². The molecule has 0 aliphatic heterocycles. The molecule has 0 unspecified atom stereocenters. The summed E-state index contributed by atoms with van der Waals surface area (Å²) in [5, 5.41) is 8.77. The van der Waals surface area contributed by atoms with Crippen LogP contribution in [0, 0.1) is 6.92 Å². The van der Waals surface area contributed by atoms with E-state index in [1.807, 2.05) is 30.8 Å². The number of rotatable bonds is 6. The second-order valence-electron chi connectivity index (χ2n) is 5.07. The van der Waals surface area contributed by atoms with Gasteiger partial charge in [-0.15, -0.1) is 35.3 Å². The van der Waals surface area contributed by atoms with E-state index >= 15 is 0 Å². The Bertz CT molecular complexity index is 683. The van der Waals surface area contributed by atoms with Crippen LogP contribution in [0.25, 0.3) is 0 Å². The van der Waals surface area contributed by atoms with Gasteiger partial charge in [-0.25, -0.2) is 9.98 Å². The van der Waals surface area contributed by atoms with Gasteiger partial charge in [0.25, 0.3) is 0 Å². The van der Waals surface area contributed by atoms with E-state index < -0.39 is 0 Å². The summed E-state index contributed by atoms with van der Waals surface area (Å²) in [5.74, 6) is 0.772. The molecule has 134 valence electrons. The zero-order valence-corrected chi connectivity index (χ0v) is 18.6. The molecule has 0 bridgehead atoms. The Kier molecular flexibility index (Phi) is 9.40. The minimum Gasteiger partial charge on any atom is -0.357 e. The summed E-state index contributed by atoms with van der Waals surface area (Å²) < 4.78 is 1.84. The average molecular weight is 502 g/mol. The molecule has 0 aromatic carbocycles. The number of aryl methyl sites for hydroxylation is 1. The molecule has 2 N–H and O–H groups in total. The fourth-order valence-corrected chi connectivity index (χ4v) is 3.25. The van der Waals surface area contributed by atoms with E-state index in [9.17, 15) is 0 Å². The standard InChI is InChI=1S/C15H21Cl2N5S.HI/c1-4-18-15(19-6-5-13-20-8-10(2)23-13)21-9-11-7-12(16)14(17)22(11)3;/h7-8H,4-6,9H2,1-3H3,(H2,18,19,21);1H. The lowest BCUT2D eigenvalue weighted by atomic mass is 10.4. The van der Waals surface area contributed by atoms with Crippen LogP contribution < -0.4 is 10.6 Å². The highest BCUT2D eigenvalue weighted by atomic mass is 127. The van der Waals surface area contributed by atoms with Crippen LogP contribution in [0.1, 0.15) is 22.5 Å². The van der Waals surface area contributed by atoms with E-state index in [4.69, 9.17) is 23.2 Å². The fourth-order valence-electron chi connectivity index (χ4n) is 2.05. The highest BCUT2D eigenvalue weighted by Crippen LogP contribution is 2.25. The van der Waals surface area contributed by atoms with Crippen molar-refractivity contribution in [3.8, 4) is 0 Å². The van der Waals surface area contributed by atoms with Crippen molar-refractivity contribution in [2.45, 2.75) is 26.8 Å². The molecule has 0 radical (unpaired) electrons. The first kappa shape index (κ1) is 21.5. The highest BCUT2D eigenvalue weighted by Gasteiger charge is 2.08. The maximum absolute atomic E-state index is 6.07. The number of guanidine groups is 1. The Hall–Kier alpha value is -0.510. The first-order valence-corrected chi connectivity index (χ1v) is 9.01. The van der Waals surface area contributed by atoms with Crippen LogP contribution in [0.2, 0.25) is 10.2 Å². The molecule has 2 rings (SSSR count). The van der Waals surface area contributed by atoms with Crippen LogP contribution in [0.15, 0.2) is 17.3 Å². The number of nitrogens with one attached hydrogen (secondary N) is 2. The number of halogens is 3. The molecule has 24 heavy (non-hydrogen) atoms. The van der Waals surface area contributed by atoms with E-state index in [0.29, 0.717) is 16.7 Å². The van der Waals surface area contributed by atoms with Crippen molar-refractivity contribution in [1.29, 1.82) is 0 Å². The summed E-state index contributed by atoms with van der Waals surface area (Å²) in [6, 6.07) is 1.84. The van der Waals surface area contributed by atoms with Crippen LogP contribution in [0.5, 0.6) is 0 Å². The maximum atomic E-state index is 6.07. The number of hydrogen-bond acceptors (Lipinski definition) is 3. The molecule has 0 saturated heterocycles. The number of aromatic nitrogens is 2. The van der Waals surface area contributed by atoms with E-state index in [1.54, 1.807) is 11.3 Å². The number of thiazole rings is 1. The first-order valence-electron chi connectivity index (χ1n) is 7.44. The molecule has 0 spiro atoms. The van der Waals surface area contributed by atoms with Gasteiger partial charge < -0.3 is 15.2 Å². The SMILES string of the molecule is CCNC(=NCc1cc(Cl)c(Cl)n1C)NCCc1ncc(C)s1.I. The average Bonchev–Trinajstić information content (AvgIpc) is 3.04. The molecule has 5 nitrogen and oxygen atoms in total. The van der Waals surface area contributed by atoms with Gasteiger partial charge in [0.1, 0.15) is 5.15 Å². The molecular weight excluding hydrogens is 480 g/mol. The van der Waals surface area contributed by atoms with Gasteiger partial charge in [-0.3, -0.25) is 0 Å². The number of hydrogen-bond donors (Lipinski definition) is 2. The quantitative estimate of drug-likeness (QED) is 0.357. The van der Waals surface area contributed by atoms with E-state index in [-0.39, 0.29) is 24.0 Å². The molecule has 0 amide bonds. The molecule has 0 aliphatic carbocycles. The lowest BCUT2D eigenvalue weighted by Gasteiger charge is -2.11. The Morgan fingerprint density at radius 3 is 2.67 bits per heavy atom. The summed E-state index contributed by atoms with van der Waals surface area (Å²) in [4.78, 5) is 10.2. The zero-order chi connectivity index (χ0) is 16.8. The first-order chi connectivity index (χ1) is 11.0. The molecular formula is C15H22Cl2IN5S. The second-order valence-corrected chi connectivity index (χ2v) is 7.15. The lowest BCUT2D eigenvalue weighted by molar-refractivity contribution is 0.778. The van der Waals surface area contributed by atoms with E-state index in [2.05, 4.69) is 27.5 Å². The Balaban J connectivity index is 0.00000288. The predicted octanol–water partition coefficient (Wildman–Crippen LogP) is 4.01. The van der Waals surface area contributed by atoms with Gasteiger partial charge >= 0.3 is 0 Å². The summed E-state index contributed by atoms with van der Waals surface area (Å²) in [7, 11) is 1.88. The zero-order valence-electron chi connectivity index (χ0n) is 13.9. The highest BCUT2D eigenvalue weighted by molar-refractivity contribution is 14.0. The van der Waals surface area contributed by atoms with E-state index in [1.165, 1.54) is 4.88 Å². The maximum Gasteiger partial charge on any atom is 0.191 e. The molecule has 0 saturated carbocycles. The topological polar surface area (TPSA) is 54.2 Å². The van der Waals surface area contributed by atoms with Gasteiger partial charge in [-0.05, 0) is 19.9 Å². The number of aliphatic imine (C=N–C) groups is 1. The molecule has 0 atom stereocenters. The molecule has 0 aliphatic rings. The normalized spacial score (nSPS) is 11.3. The van der Waals surface area contributed by atoms with E-state index in [0.717, 1.165) is 36.2 Å². The Morgan fingerprint density at radius 2 is 2.12 bits per heavy atom. The van der Waals surface area contributed by atoms with Crippen LogP contribution in [-0.4, -0.2) is 28.6 Å². The fraction of sp³-hybridized carbons (Fsp3) is 0.467. The van der Waals surface area contributed by atoms with Gasteiger partial charge in [0.15, 0.2) is 5.96 Å². The minimum atomic E-state index is 0. The van der Waals surface area contributed by atoms with Gasteiger partial charge in [0.05, 0.1) is 16.6 Å². The molecule has 0 fully saturated rings. The van der Waals surface area contributed by atoms with Gasteiger partial charge in [0, 0.05) is 43.3 Å². The smallest absolute Gasteiger partial charge is 0.191 e. The van der Waals surface area contributed by atoms with Crippen LogP contribution in [0.4, 0.5) is 0 Å². The second kappa shape index (κ2) is 10.5. The Morgan fingerprint density at radius 1 is 1.38 bits per heavy atom. The van der Waals surface area contributed by atoms with Gasteiger partial charge in [-0.2, -0.15) is 0 Å². The summed E-state index contributed by atoms with van der Waals surface area (Å²) >= 11 is 13.8. The third-order valence-electron chi connectivity index (χ3n) is 3.26. The van der Waals surface area contributed by atoms with Crippen molar-refractivity contribution in [2.24, 2.45) is 12.0 Å². The predicted molar refractivity (Wildman–Crippen MR) is 114 cm³/mol. The molecule has 9 heteroatoms. The largest absolute Gasteiger partial charge is 0.357 e. The third-order valence-corrected chi connectivity index (χ3v) is 5.07. The lowest BCUT2D eigenvalue weighted by Crippen LogP contribution is -2.38. The van der Waals surface area contributed by atoms with Gasteiger partial charge in [0.2, 0.25) is 0 Å². The summed E-state index contributed by atoms with van der Waals surface area (Å²) in [6.45, 7) is 6.20. The van der Waals surface area contributed by atoms with Crippen molar-refractivity contribution in [3.63, 3.8) is 0 Å². The molecule has 2 aromatic heterocycles. The van der Waals surface area contributed by atoms with Crippen LogP contribution >= 0.6 is 58.5 Å². The van der Waals surface area contributed by atoms with Crippen LogP contribution in [-0.2, 0) is 20.0 Å². The minimum absolute atomic E-state index is 0.